The molecule has 0 aliphatic carbocycles. The summed E-state index contributed by atoms with van der Waals surface area (Å²) in [5.41, 5.74) is 2.15. The standard InChI is InChI=1S/C7H11N9OS/c8-11-6(17)5-3-15(14-12-5)1-2-18-7-13-10-4-16(7)9/h3-4H,1-2,8-9H2,(H,11,17). The van der Waals surface area contributed by atoms with Crippen molar-refractivity contribution in [3.05, 3.63) is 18.2 Å². The first kappa shape index (κ1) is 12.3. The average Bonchev–Trinajstić information content (AvgIpc) is 2.99. The number of aromatic nitrogens is 6. The van der Waals surface area contributed by atoms with Crippen LogP contribution in [0.3, 0.4) is 0 Å². The third-order valence-corrected chi connectivity index (χ3v) is 2.93. The Morgan fingerprint density at radius 1 is 1.50 bits per heavy atom. The van der Waals surface area contributed by atoms with Gasteiger partial charge in [0.15, 0.2) is 5.69 Å². The van der Waals surface area contributed by atoms with Gasteiger partial charge in [-0.25, -0.2) is 10.5 Å². The van der Waals surface area contributed by atoms with Gasteiger partial charge in [0, 0.05) is 5.75 Å². The van der Waals surface area contributed by atoms with Crippen molar-refractivity contribution >= 4 is 17.7 Å². The Morgan fingerprint density at radius 2 is 2.33 bits per heavy atom. The van der Waals surface area contributed by atoms with Gasteiger partial charge in [-0.1, -0.05) is 17.0 Å². The van der Waals surface area contributed by atoms with E-state index in [1.807, 2.05) is 5.43 Å². The number of thioether (sulfide) groups is 1. The predicted octanol–water partition coefficient (Wildman–Crippen LogP) is -2.02. The Labute approximate surface area is 106 Å². The van der Waals surface area contributed by atoms with Crippen LogP contribution in [-0.4, -0.2) is 41.5 Å². The summed E-state index contributed by atoms with van der Waals surface area (Å²) in [6.07, 6.45) is 2.93. The number of carbonyl (C=O) groups is 1. The Kier molecular flexibility index (Phi) is 3.74. The van der Waals surface area contributed by atoms with Gasteiger partial charge in [0.1, 0.15) is 6.33 Å². The van der Waals surface area contributed by atoms with Crippen LogP contribution in [0.25, 0.3) is 0 Å². The van der Waals surface area contributed by atoms with E-state index in [9.17, 15) is 4.79 Å². The molecule has 11 heteroatoms. The summed E-state index contributed by atoms with van der Waals surface area (Å²) in [5.74, 6) is 10.7. The van der Waals surface area contributed by atoms with E-state index < -0.39 is 5.91 Å². The molecule has 96 valence electrons. The van der Waals surface area contributed by atoms with Crippen molar-refractivity contribution in [3.8, 4) is 0 Å². The molecule has 2 rings (SSSR count). The van der Waals surface area contributed by atoms with Gasteiger partial charge in [0.05, 0.1) is 12.7 Å². The Bertz CT molecular complexity index is 535. The highest BCUT2D eigenvalue weighted by atomic mass is 32.2. The van der Waals surface area contributed by atoms with E-state index in [1.165, 1.54) is 33.6 Å². The van der Waals surface area contributed by atoms with E-state index in [-0.39, 0.29) is 5.69 Å². The highest BCUT2D eigenvalue weighted by molar-refractivity contribution is 7.99. The first-order valence-electron chi connectivity index (χ1n) is 4.89. The van der Waals surface area contributed by atoms with Crippen LogP contribution in [0.2, 0.25) is 0 Å². The fourth-order valence-electron chi connectivity index (χ4n) is 1.15. The van der Waals surface area contributed by atoms with Gasteiger partial charge in [-0.05, 0) is 0 Å². The van der Waals surface area contributed by atoms with E-state index >= 15 is 0 Å². The number of nitrogens with one attached hydrogen (secondary N) is 1. The average molecular weight is 269 g/mol. The molecule has 0 fully saturated rings. The molecule has 0 aliphatic rings. The van der Waals surface area contributed by atoms with E-state index in [0.29, 0.717) is 17.5 Å². The number of carbonyl (C=O) groups excluding carboxylic acids is 1. The molecule has 5 N–H and O–H groups in total. The van der Waals surface area contributed by atoms with Crippen LogP contribution in [0.4, 0.5) is 0 Å². The number of nitrogen functional groups attached to an aromatic ring is 2. The summed E-state index contributed by atoms with van der Waals surface area (Å²) >= 11 is 1.42. The van der Waals surface area contributed by atoms with Crippen LogP contribution in [0, 0.1) is 0 Å². The van der Waals surface area contributed by atoms with Crippen LogP contribution in [-0.2, 0) is 6.54 Å². The van der Waals surface area contributed by atoms with Crippen molar-refractivity contribution in [1.29, 1.82) is 0 Å². The third kappa shape index (κ3) is 2.75. The Morgan fingerprint density at radius 3 is 3.00 bits per heavy atom. The van der Waals surface area contributed by atoms with Crippen molar-refractivity contribution in [2.24, 2.45) is 5.84 Å². The summed E-state index contributed by atoms with van der Waals surface area (Å²) in [6.45, 7) is 0.558. The van der Waals surface area contributed by atoms with Crippen LogP contribution in [0.1, 0.15) is 10.5 Å². The maximum atomic E-state index is 11.1. The first-order chi connectivity index (χ1) is 8.70. The molecule has 0 spiro atoms. The van der Waals surface area contributed by atoms with Gasteiger partial charge in [-0.3, -0.25) is 14.9 Å². The topological polar surface area (TPSA) is 143 Å². The largest absolute Gasteiger partial charge is 0.336 e. The predicted molar refractivity (Wildman–Crippen MR) is 62.6 cm³/mol. The highest BCUT2D eigenvalue weighted by Gasteiger charge is 2.09. The smallest absolute Gasteiger partial charge is 0.287 e. The number of amides is 1. The SMILES string of the molecule is NNC(=O)c1cn(CCSc2nncn2N)nn1. The lowest BCUT2D eigenvalue weighted by Crippen LogP contribution is -2.30. The number of hydrazine groups is 1. The molecule has 0 radical (unpaired) electrons. The molecule has 18 heavy (non-hydrogen) atoms. The molecular formula is C7H11N9OS. The van der Waals surface area contributed by atoms with E-state index in [4.69, 9.17) is 11.7 Å². The molecule has 1 amide bonds. The minimum absolute atomic E-state index is 0.171. The monoisotopic (exact) mass is 269 g/mol. The molecule has 0 unspecified atom stereocenters. The van der Waals surface area contributed by atoms with Gasteiger partial charge in [0.25, 0.3) is 5.91 Å². The maximum Gasteiger partial charge on any atom is 0.287 e. The number of hydrogen-bond donors (Lipinski definition) is 3. The molecule has 0 bridgehead atoms. The summed E-state index contributed by atoms with van der Waals surface area (Å²) in [5, 5.41) is 15.5. The van der Waals surface area contributed by atoms with Gasteiger partial charge < -0.3 is 5.84 Å². The minimum Gasteiger partial charge on any atom is -0.336 e. The fraction of sp³-hybridized carbons (Fsp3) is 0.286. The zero-order valence-electron chi connectivity index (χ0n) is 9.22. The molecule has 0 aromatic carbocycles. The van der Waals surface area contributed by atoms with Crippen LogP contribution < -0.4 is 17.1 Å². The van der Waals surface area contributed by atoms with Crippen molar-refractivity contribution in [3.63, 3.8) is 0 Å². The molecule has 0 saturated heterocycles. The molecule has 0 saturated carbocycles. The van der Waals surface area contributed by atoms with Crippen molar-refractivity contribution in [1.82, 2.24) is 35.3 Å². The molecule has 0 aliphatic heterocycles. The number of aryl methyl sites for hydroxylation is 1. The van der Waals surface area contributed by atoms with Crippen LogP contribution >= 0.6 is 11.8 Å². The molecule has 10 nitrogen and oxygen atoms in total. The quantitative estimate of drug-likeness (QED) is 0.244. The Balaban J connectivity index is 1.85. The lowest BCUT2D eigenvalue weighted by Gasteiger charge is -2.00. The van der Waals surface area contributed by atoms with E-state index in [1.54, 1.807) is 0 Å². The summed E-state index contributed by atoms with van der Waals surface area (Å²) < 4.78 is 2.87. The Hall–Kier alpha value is -2.14. The molecule has 2 aromatic rings. The second-order valence-corrected chi connectivity index (χ2v) is 4.27. The van der Waals surface area contributed by atoms with Gasteiger partial charge in [-0.2, -0.15) is 0 Å². The number of nitrogens with zero attached hydrogens (tertiary/aromatic N) is 6. The van der Waals surface area contributed by atoms with E-state index in [2.05, 4.69) is 20.5 Å². The highest BCUT2D eigenvalue weighted by Crippen LogP contribution is 2.12. The minimum atomic E-state index is -0.476. The second-order valence-electron chi connectivity index (χ2n) is 3.21. The summed E-state index contributed by atoms with van der Waals surface area (Å²) in [7, 11) is 0. The van der Waals surface area contributed by atoms with Gasteiger partial charge >= 0.3 is 0 Å². The summed E-state index contributed by atoms with van der Waals surface area (Å²) in [4.78, 5) is 11.1. The number of nitrogens with two attached hydrogens (primary N) is 2. The fourth-order valence-corrected chi connectivity index (χ4v) is 1.91. The molecule has 0 atom stereocenters. The lowest BCUT2D eigenvalue weighted by molar-refractivity contribution is 0.0948. The van der Waals surface area contributed by atoms with Crippen LogP contribution in [0.15, 0.2) is 17.7 Å². The van der Waals surface area contributed by atoms with Crippen molar-refractivity contribution in [2.75, 3.05) is 11.6 Å². The molecule has 2 heterocycles. The number of hydrogen-bond acceptors (Lipinski definition) is 8. The van der Waals surface area contributed by atoms with Gasteiger partial charge in [0.2, 0.25) is 5.16 Å². The summed E-state index contributed by atoms with van der Waals surface area (Å²) in [6, 6.07) is 0. The van der Waals surface area contributed by atoms with Gasteiger partial charge in [-0.15, -0.1) is 15.3 Å². The van der Waals surface area contributed by atoms with E-state index in [0.717, 1.165) is 0 Å². The first-order valence-corrected chi connectivity index (χ1v) is 5.88. The van der Waals surface area contributed by atoms with Crippen molar-refractivity contribution in [2.45, 2.75) is 11.7 Å². The number of rotatable bonds is 5. The third-order valence-electron chi connectivity index (χ3n) is 1.99. The second kappa shape index (κ2) is 5.46. The zero-order chi connectivity index (χ0) is 13.0. The van der Waals surface area contributed by atoms with Crippen LogP contribution in [0.5, 0.6) is 0 Å². The zero-order valence-corrected chi connectivity index (χ0v) is 10.0. The maximum absolute atomic E-state index is 11.1. The van der Waals surface area contributed by atoms with Crippen molar-refractivity contribution < 1.29 is 4.79 Å². The normalized spacial score (nSPS) is 10.5. The lowest BCUT2D eigenvalue weighted by atomic mass is 10.5. The molecule has 2 aromatic heterocycles. The molecular weight excluding hydrogens is 258 g/mol.